The van der Waals surface area contributed by atoms with E-state index >= 15 is 0 Å². The second kappa shape index (κ2) is 9.58. The van der Waals surface area contributed by atoms with E-state index in [0.29, 0.717) is 24.7 Å². The number of benzene rings is 1. The van der Waals surface area contributed by atoms with Crippen LogP contribution in [0.15, 0.2) is 40.9 Å². The Balaban J connectivity index is 1.81. The number of carbonyl (C=O) groups is 2. The number of anilines is 1. The smallest absolute Gasteiger partial charge is 0.249 e. The summed E-state index contributed by atoms with van der Waals surface area (Å²) < 4.78 is 10.4. The molecular weight excluding hydrogens is 322 g/mol. The lowest BCUT2D eigenvalue weighted by Gasteiger charge is -2.21. The first-order chi connectivity index (χ1) is 12.1. The van der Waals surface area contributed by atoms with E-state index in [-0.39, 0.29) is 25.0 Å². The summed E-state index contributed by atoms with van der Waals surface area (Å²) in [5.41, 5.74) is 0.997. The van der Waals surface area contributed by atoms with E-state index in [1.807, 2.05) is 37.3 Å². The van der Waals surface area contributed by atoms with Gasteiger partial charge in [0.25, 0.3) is 0 Å². The molecule has 7 nitrogen and oxygen atoms in total. The number of rotatable bonds is 9. The van der Waals surface area contributed by atoms with E-state index in [2.05, 4.69) is 10.5 Å². The fraction of sp³-hybridized carbons (Fsp3) is 0.389. The van der Waals surface area contributed by atoms with E-state index in [4.69, 9.17) is 9.26 Å². The van der Waals surface area contributed by atoms with Gasteiger partial charge in [-0.15, -0.1) is 0 Å². The van der Waals surface area contributed by atoms with Crippen molar-refractivity contribution in [1.82, 2.24) is 10.1 Å². The first kappa shape index (κ1) is 18.7. The van der Waals surface area contributed by atoms with Gasteiger partial charge >= 0.3 is 0 Å². The maximum Gasteiger partial charge on any atom is 0.249 e. The molecule has 0 aliphatic rings. The van der Waals surface area contributed by atoms with E-state index < -0.39 is 0 Å². The van der Waals surface area contributed by atoms with Gasteiger partial charge in [-0.2, -0.15) is 0 Å². The van der Waals surface area contributed by atoms with E-state index in [0.717, 1.165) is 12.0 Å². The number of hydrogen-bond donors (Lipinski definition) is 1. The molecule has 7 heteroatoms. The monoisotopic (exact) mass is 345 g/mol. The molecule has 0 saturated heterocycles. The fourth-order valence-electron chi connectivity index (χ4n) is 2.26. The first-order valence-electron chi connectivity index (χ1n) is 8.21. The molecule has 1 aromatic heterocycles. The molecule has 2 aromatic rings. The zero-order valence-corrected chi connectivity index (χ0v) is 14.5. The molecule has 0 aliphatic carbocycles. The molecule has 0 saturated carbocycles. The van der Waals surface area contributed by atoms with Crippen LogP contribution in [0, 0.1) is 6.92 Å². The molecule has 0 bridgehead atoms. The molecule has 0 radical (unpaired) electrons. The van der Waals surface area contributed by atoms with Gasteiger partial charge in [-0.1, -0.05) is 42.4 Å². The van der Waals surface area contributed by atoms with Crippen LogP contribution in [-0.4, -0.2) is 41.6 Å². The minimum atomic E-state index is -0.321. The molecule has 0 fully saturated rings. The number of nitrogens with one attached hydrogen (secondary N) is 1. The van der Waals surface area contributed by atoms with Crippen LogP contribution in [0.2, 0.25) is 0 Å². The Morgan fingerprint density at radius 1 is 1.28 bits per heavy atom. The zero-order chi connectivity index (χ0) is 18.1. The highest BCUT2D eigenvalue weighted by molar-refractivity contribution is 5.93. The molecule has 0 spiro atoms. The van der Waals surface area contributed by atoms with Gasteiger partial charge in [-0.05, 0) is 18.9 Å². The van der Waals surface area contributed by atoms with Gasteiger partial charge in [0.05, 0.1) is 13.2 Å². The lowest BCUT2D eigenvalue weighted by molar-refractivity contribution is -0.139. The van der Waals surface area contributed by atoms with Gasteiger partial charge < -0.3 is 19.5 Å². The molecule has 134 valence electrons. The lowest BCUT2D eigenvalue weighted by atomic mass is 10.2. The largest absolute Gasteiger partial charge is 0.367 e. The first-order valence-corrected chi connectivity index (χ1v) is 8.21. The number of aromatic nitrogens is 1. The van der Waals surface area contributed by atoms with Crippen molar-refractivity contribution in [2.75, 3.05) is 25.0 Å². The van der Waals surface area contributed by atoms with Crippen LogP contribution in [0.4, 0.5) is 5.82 Å². The van der Waals surface area contributed by atoms with Crippen LogP contribution in [0.1, 0.15) is 24.7 Å². The molecule has 25 heavy (non-hydrogen) atoms. The summed E-state index contributed by atoms with van der Waals surface area (Å²) in [6, 6.07) is 11.2. The summed E-state index contributed by atoms with van der Waals surface area (Å²) in [6.07, 6.45) is 0.751. The third-order valence-electron chi connectivity index (χ3n) is 3.41. The second-order valence-electron chi connectivity index (χ2n) is 5.66. The van der Waals surface area contributed by atoms with Crippen molar-refractivity contribution in [2.45, 2.75) is 26.9 Å². The van der Waals surface area contributed by atoms with E-state index in [1.165, 1.54) is 4.90 Å². The third-order valence-corrected chi connectivity index (χ3v) is 3.41. The molecule has 0 aliphatic heterocycles. The highest BCUT2D eigenvalue weighted by atomic mass is 16.5. The summed E-state index contributed by atoms with van der Waals surface area (Å²) in [5, 5.41) is 6.31. The summed E-state index contributed by atoms with van der Waals surface area (Å²) in [5.74, 6) is 0.403. The maximum atomic E-state index is 12.3. The summed E-state index contributed by atoms with van der Waals surface area (Å²) in [6.45, 7) is 4.41. The topological polar surface area (TPSA) is 84.7 Å². The average molecular weight is 345 g/mol. The van der Waals surface area contributed by atoms with Gasteiger partial charge in [0.1, 0.15) is 12.4 Å². The SMILES string of the molecule is CCCN(CC(=O)Nc1cc(C)on1)C(=O)COCc1ccccc1. The van der Waals surface area contributed by atoms with Crippen LogP contribution in [0.3, 0.4) is 0 Å². The molecule has 0 atom stereocenters. The van der Waals surface area contributed by atoms with Gasteiger partial charge in [0, 0.05) is 12.6 Å². The highest BCUT2D eigenvalue weighted by Crippen LogP contribution is 2.07. The number of hydrogen-bond acceptors (Lipinski definition) is 5. The standard InChI is InChI=1S/C18H23N3O4/c1-3-9-21(11-17(22)19-16-10-14(2)25-20-16)18(23)13-24-12-15-7-5-4-6-8-15/h4-8,10H,3,9,11-13H2,1-2H3,(H,19,20,22). The number of carbonyl (C=O) groups excluding carboxylic acids is 2. The maximum absolute atomic E-state index is 12.3. The van der Waals surface area contributed by atoms with Gasteiger partial charge in [-0.3, -0.25) is 9.59 Å². The summed E-state index contributed by atoms with van der Waals surface area (Å²) in [4.78, 5) is 25.9. The van der Waals surface area contributed by atoms with Gasteiger partial charge in [0.15, 0.2) is 5.82 Å². The number of amides is 2. The van der Waals surface area contributed by atoms with Crippen molar-refractivity contribution in [3.05, 3.63) is 47.7 Å². The molecule has 0 unspecified atom stereocenters. The van der Waals surface area contributed by atoms with Crippen molar-refractivity contribution < 1.29 is 18.8 Å². The fourth-order valence-corrected chi connectivity index (χ4v) is 2.26. The van der Waals surface area contributed by atoms with Crippen LogP contribution >= 0.6 is 0 Å². The van der Waals surface area contributed by atoms with E-state index in [1.54, 1.807) is 13.0 Å². The van der Waals surface area contributed by atoms with Crippen molar-refractivity contribution in [3.63, 3.8) is 0 Å². The second-order valence-corrected chi connectivity index (χ2v) is 5.66. The molecule has 1 aromatic carbocycles. The van der Waals surface area contributed by atoms with Gasteiger partial charge in [0.2, 0.25) is 11.8 Å². The number of ether oxygens (including phenoxy) is 1. The Bertz CT molecular complexity index is 685. The van der Waals surface area contributed by atoms with Crippen LogP contribution in [-0.2, 0) is 20.9 Å². The number of nitrogens with zero attached hydrogens (tertiary/aromatic N) is 2. The quantitative estimate of drug-likeness (QED) is 0.754. The minimum Gasteiger partial charge on any atom is -0.367 e. The van der Waals surface area contributed by atoms with Crippen molar-refractivity contribution in [2.24, 2.45) is 0 Å². The van der Waals surface area contributed by atoms with Gasteiger partial charge in [-0.25, -0.2) is 0 Å². The summed E-state index contributed by atoms with van der Waals surface area (Å²) >= 11 is 0. The molecule has 1 N–H and O–H groups in total. The predicted octanol–water partition coefficient (Wildman–Crippen LogP) is 2.38. The molecule has 2 rings (SSSR count). The number of aryl methyl sites for hydroxylation is 1. The van der Waals surface area contributed by atoms with Crippen molar-refractivity contribution in [1.29, 1.82) is 0 Å². The van der Waals surface area contributed by atoms with Crippen LogP contribution < -0.4 is 5.32 Å². The molecule has 2 amide bonds. The minimum absolute atomic E-state index is 0.0483. The van der Waals surface area contributed by atoms with E-state index in [9.17, 15) is 9.59 Å². The van der Waals surface area contributed by atoms with Crippen molar-refractivity contribution >= 4 is 17.6 Å². The average Bonchev–Trinajstić information content (AvgIpc) is 3.00. The molecule has 1 heterocycles. The Kier molecular flexibility index (Phi) is 7.16. The Morgan fingerprint density at radius 3 is 2.68 bits per heavy atom. The van der Waals surface area contributed by atoms with Crippen LogP contribution in [0.5, 0.6) is 0 Å². The van der Waals surface area contributed by atoms with Crippen LogP contribution in [0.25, 0.3) is 0 Å². The Morgan fingerprint density at radius 2 is 2.04 bits per heavy atom. The summed E-state index contributed by atoms with van der Waals surface area (Å²) in [7, 11) is 0. The Labute approximate surface area is 146 Å². The third kappa shape index (κ3) is 6.39. The zero-order valence-electron chi connectivity index (χ0n) is 14.5. The molecular formula is C18H23N3O4. The predicted molar refractivity (Wildman–Crippen MR) is 92.8 cm³/mol. The Hall–Kier alpha value is -2.67. The highest BCUT2D eigenvalue weighted by Gasteiger charge is 2.17. The van der Waals surface area contributed by atoms with Crippen molar-refractivity contribution in [3.8, 4) is 0 Å². The normalized spacial score (nSPS) is 10.5. The lowest BCUT2D eigenvalue weighted by Crippen LogP contribution is -2.40.